The van der Waals surface area contributed by atoms with Crippen LogP contribution in [0.25, 0.3) is 0 Å². The summed E-state index contributed by atoms with van der Waals surface area (Å²) in [5, 5.41) is 10.9. The zero-order valence-electron chi connectivity index (χ0n) is 8.92. The molecule has 4 heteroatoms. The molecule has 0 aliphatic rings. The SMILES string of the molecule is CCc1cc(CC)c(CCl)c([N+](=O)[O-])c1. The second-order valence-corrected chi connectivity index (χ2v) is 3.62. The Morgan fingerprint density at radius 1 is 1.33 bits per heavy atom. The Morgan fingerprint density at radius 3 is 2.40 bits per heavy atom. The van der Waals surface area contributed by atoms with E-state index < -0.39 is 0 Å². The smallest absolute Gasteiger partial charge is 0.258 e. The summed E-state index contributed by atoms with van der Waals surface area (Å²) in [5.74, 6) is 0.198. The van der Waals surface area contributed by atoms with E-state index in [1.54, 1.807) is 6.07 Å². The van der Waals surface area contributed by atoms with Crippen LogP contribution in [-0.4, -0.2) is 4.92 Å². The maximum atomic E-state index is 10.9. The summed E-state index contributed by atoms with van der Waals surface area (Å²) < 4.78 is 0. The Labute approximate surface area is 94.2 Å². The van der Waals surface area contributed by atoms with E-state index in [1.807, 2.05) is 19.9 Å². The van der Waals surface area contributed by atoms with Gasteiger partial charge in [-0.05, 0) is 24.0 Å². The van der Waals surface area contributed by atoms with E-state index in [2.05, 4.69) is 0 Å². The lowest BCUT2D eigenvalue weighted by Crippen LogP contribution is -2.00. The number of nitro benzene ring substituents is 1. The van der Waals surface area contributed by atoms with Crippen molar-refractivity contribution in [1.82, 2.24) is 0 Å². The highest BCUT2D eigenvalue weighted by molar-refractivity contribution is 6.17. The Morgan fingerprint density at radius 2 is 2.00 bits per heavy atom. The Bertz CT molecular complexity index is 377. The van der Waals surface area contributed by atoms with Crippen molar-refractivity contribution in [2.24, 2.45) is 0 Å². The monoisotopic (exact) mass is 227 g/mol. The maximum absolute atomic E-state index is 10.9. The predicted octanol–water partition coefficient (Wildman–Crippen LogP) is 3.46. The van der Waals surface area contributed by atoms with Crippen molar-refractivity contribution in [2.75, 3.05) is 0 Å². The summed E-state index contributed by atoms with van der Waals surface area (Å²) in [7, 11) is 0. The maximum Gasteiger partial charge on any atom is 0.274 e. The van der Waals surface area contributed by atoms with Gasteiger partial charge in [-0.15, -0.1) is 11.6 Å². The summed E-state index contributed by atoms with van der Waals surface area (Å²) in [4.78, 5) is 10.5. The van der Waals surface area contributed by atoms with E-state index in [0.29, 0.717) is 5.56 Å². The normalized spacial score (nSPS) is 10.3. The molecule has 0 bridgehead atoms. The summed E-state index contributed by atoms with van der Waals surface area (Å²) in [6.45, 7) is 3.97. The number of nitro groups is 1. The fraction of sp³-hybridized carbons (Fsp3) is 0.455. The number of benzene rings is 1. The largest absolute Gasteiger partial charge is 0.274 e. The van der Waals surface area contributed by atoms with Gasteiger partial charge in [0.25, 0.3) is 5.69 Å². The van der Waals surface area contributed by atoms with Crippen LogP contribution in [0.5, 0.6) is 0 Å². The number of rotatable bonds is 4. The first-order valence-electron chi connectivity index (χ1n) is 4.99. The molecule has 0 radical (unpaired) electrons. The molecule has 0 aliphatic heterocycles. The van der Waals surface area contributed by atoms with Gasteiger partial charge in [0.15, 0.2) is 0 Å². The van der Waals surface area contributed by atoms with Gasteiger partial charge in [0.05, 0.1) is 10.8 Å². The van der Waals surface area contributed by atoms with Gasteiger partial charge in [0, 0.05) is 11.6 Å². The topological polar surface area (TPSA) is 43.1 Å². The van der Waals surface area contributed by atoms with Crippen molar-refractivity contribution < 1.29 is 4.92 Å². The Balaban J connectivity index is 3.39. The molecule has 82 valence electrons. The van der Waals surface area contributed by atoms with Crippen LogP contribution in [0.3, 0.4) is 0 Å². The molecule has 1 aromatic rings. The van der Waals surface area contributed by atoms with Crippen LogP contribution < -0.4 is 0 Å². The molecule has 0 unspecified atom stereocenters. The molecule has 1 aromatic carbocycles. The average Bonchev–Trinajstić information content (AvgIpc) is 2.26. The summed E-state index contributed by atoms with van der Waals surface area (Å²) in [6, 6.07) is 3.63. The second-order valence-electron chi connectivity index (χ2n) is 3.35. The van der Waals surface area contributed by atoms with Crippen molar-refractivity contribution in [3.05, 3.63) is 38.9 Å². The van der Waals surface area contributed by atoms with Gasteiger partial charge in [0.1, 0.15) is 0 Å². The lowest BCUT2D eigenvalue weighted by molar-refractivity contribution is -0.385. The molecule has 1 rings (SSSR count). The van der Waals surface area contributed by atoms with Crippen LogP contribution in [0.1, 0.15) is 30.5 Å². The van der Waals surface area contributed by atoms with Gasteiger partial charge in [-0.25, -0.2) is 0 Å². The summed E-state index contributed by atoms with van der Waals surface area (Å²) in [5.41, 5.74) is 2.78. The Hall–Kier alpha value is -1.09. The molecule has 0 saturated carbocycles. The summed E-state index contributed by atoms with van der Waals surface area (Å²) in [6.07, 6.45) is 1.58. The van der Waals surface area contributed by atoms with Gasteiger partial charge in [-0.3, -0.25) is 10.1 Å². The van der Waals surface area contributed by atoms with Crippen molar-refractivity contribution in [3.8, 4) is 0 Å². The minimum absolute atomic E-state index is 0.154. The average molecular weight is 228 g/mol. The van der Waals surface area contributed by atoms with E-state index in [9.17, 15) is 10.1 Å². The standard InChI is InChI=1S/C11H14ClNO2/c1-3-8-5-9(4-2)10(7-12)11(6-8)13(14)15/h5-6H,3-4,7H2,1-2H3. The minimum Gasteiger partial charge on any atom is -0.258 e. The van der Waals surface area contributed by atoms with Crippen molar-refractivity contribution in [1.29, 1.82) is 0 Å². The molecule has 0 atom stereocenters. The molecule has 0 N–H and O–H groups in total. The molecule has 0 aromatic heterocycles. The van der Waals surface area contributed by atoms with E-state index in [0.717, 1.165) is 24.0 Å². The lowest BCUT2D eigenvalue weighted by atomic mass is 9.99. The van der Waals surface area contributed by atoms with Gasteiger partial charge < -0.3 is 0 Å². The van der Waals surface area contributed by atoms with Crippen LogP contribution in [0, 0.1) is 10.1 Å². The van der Waals surface area contributed by atoms with Crippen molar-refractivity contribution >= 4 is 17.3 Å². The molecular weight excluding hydrogens is 214 g/mol. The van der Waals surface area contributed by atoms with Crippen molar-refractivity contribution in [3.63, 3.8) is 0 Å². The van der Waals surface area contributed by atoms with Gasteiger partial charge in [-0.1, -0.05) is 19.9 Å². The van der Waals surface area contributed by atoms with Gasteiger partial charge in [-0.2, -0.15) is 0 Å². The number of alkyl halides is 1. The highest BCUT2D eigenvalue weighted by Crippen LogP contribution is 2.27. The van der Waals surface area contributed by atoms with Crippen molar-refractivity contribution in [2.45, 2.75) is 32.6 Å². The third-order valence-electron chi connectivity index (χ3n) is 2.50. The third-order valence-corrected chi connectivity index (χ3v) is 2.77. The molecule has 0 fully saturated rings. The quantitative estimate of drug-likeness (QED) is 0.449. The van der Waals surface area contributed by atoms with Gasteiger partial charge >= 0.3 is 0 Å². The zero-order chi connectivity index (χ0) is 11.4. The van der Waals surface area contributed by atoms with Crippen LogP contribution in [0.2, 0.25) is 0 Å². The van der Waals surface area contributed by atoms with Crippen LogP contribution in [-0.2, 0) is 18.7 Å². The van der Waals surface area contributed by atoms with E-state index in [-0.39, 0.29) is 16.5 Å². The fourth-order valence-corrected chi connectivity index (χ4v) is 1.93. The van der Waals surface area contributed by atoms with E-state index in [1.165, 1.54) is 0 Å². The molecule has 3 nitrogen and oxygen atoms in total. The number of halogens is 1. The molecule has 0 aliphatic carbocycles. The fourth-order valence-electron chi connectivity index (χ4n) is 1.62. The lowest BCUT2D eigenvalue weighted by Gasteiger charge is -2.08. The molecule has 15 heavy (non-hydrogen) atoms. The number of hydrogen-bond acceptors (Lipinski definition) is 2. The molecule has 0 spiro atoms. The first kappa shape index (κ1) is 12.0. The van der Waals surface area contributed by atoms with Crippen LogP contribution in [0.4, 0.5) is 5.69 Å². The molecular formula is C11H14ClNO2. The summed E-state index contributed by atoms with van der Waals surface area (Å²) >= 11 is 5.75. The number of nitrogens with zero attached hydrogens (tertiary/aromatic N) is 1. The number of hydrogen-bond donors (Lipinski definition) is 0. The predicted molar refractivity (Wildman–Crippen MR) is 61.4 cm³/mol. The molecule has 0 saturated heterocycles. The Kier molecular flexibility index (Phi) is 4.09. The third kappa shape index (κ3) is 2.48. The van der Waals surface area contributed by atoms with E-state index in [4.69, 9.17) is 11.6 Å². The highest BCUT2D eigenvalue weighted by Gasteiger charge is 2.17. The van der Waals surface area contributed by atoms with E-state index >= 15 is 0 Å². The zero-order valence-corrected chi connectivity index (χ0v) is 9.67. The second kappa shape index (κ2) is 5.12. The first-order chi connectivity index (χ1) is 7.13. The minimum atomic E-state index is -0.351. The van der Waals surface area contributed by atoms with Gasteiger partial charge in [0.2, 0.25) is 0 Å². The molecule has 0 amide bonds. The first-order valence-corrected chi connectivity index (χ1v) is 5.52. The molecule has 0 heterocycles. The highest BCUT2D eigenvalue weighted by atomic mass is 35.5. The number of aryl methyl sites for hydroxylation is 2. The van der Waals surface area contributed by atoms with Crippen LogP contribution >= 0.6 is 11.6 Å². The van der Waals surface area contributed by atoms with Crippen LogP contribution in [0.15, 0.2) is 12.1 Å².